The second-order valence-corrected chi connectivity index (χ2v) is 4.62. The fourth-order valence-electron chi connectivity index (χ4n) is 1.90. The first-order valence-corrected chi connectivity index (χ1v) is 6.25. The minimum Gasteiger partial charge on any atom is -0.330 e. The van der Waals surface area contributed by atoms with Crippen LogP contribution in [-0.2, 0) is 0 Å². The standard InChI is InChI=1S/C12H27BN/c1-4-5-8-12(13-11(2)3)9-6-7-10-14/h11-12H,4-10,14H2,1-3H3. The predicted octanol–water partition coefficient (Wildman–Crippen LogP) is 3.63. The van der Waals surface area contributed by atoms with Crippen LogP contribution in [0.15, 0.2) is 0 Å². The molecule has 1 atom stereocenters. The maximum Gasteiger partial charge on any atom is 0.117 e. The minimum atomic E-state index is 0.731. The molecule has 0 saturated carbocycles. The number of hydrogen-bond acceptors (Lipinski definition) is 1. The van der Waals surface area contributed by atoms with Gasteiger partial charge in [-0.2, -0.15) is 0 Å². The fraction of sp³-hybridized carbons (Fsp3) is 1.00. The zero-order valence-corrected chi connectivity index (χ0v) is 10.3. The summed E-state index contributed by atoms with van der Waals surface area (Å²) in [7, 11) is 2.52. The van der Waals surface area contributed by atoms with E-state index in [2.05, 4.69) is 28.1 Å². The molecule has 0 fully saturated rings. The van der Waals surface area contributed by atoms with Gasteiger partial charge in [0.2, 0.25) is 0 Å². The zero-order chi connectivity index (χ0) is 10.8. The molecule has 2 N–H and O–H groups in total. The van der Waals surface area contributed by atoms with Crippen molar-refractivity contribution in [2.45, 2.75) is 70.9 Å². The van der Waals surface area contributed by atoms with Gasteiger partial charge in [0.05, 0.1) is 0 Å². The Kier molecular flexibility index (Phi) is 9.59. The van der Waals surface area contributed by atoms with Crippen LogP contribution in [0.5, 0.6) is 0 Å². The lowest BCUT2D eigenvalue weighted by molar-refractivity contribution is 0.584. The molecule has 2 heteroatoms. The molecule has 0 aromatic heterocycles. The topological polar surface area (TPSA) is 26.0 Å². The van der Waals surface area contributed by atoms with Gasteiger partial charge < -0.3 is 5.73 Å². The van der Waals surface area contributed by atoms with Gasteiger partial charge in [-0.25, -0.2) is 0 Å². The normalized spacial score (nSPS) is 13.2. The Bertz CT molecular complexity index is 115. The first kappa shape index (κ1) is 14.0. The Morgan fingerprint density at radius 1 is 1.07 bits per heavy atom. The lowest BCUT2D eigenvalue weighted by atomic mass is 9.53. The van der Waals surface area contributed by atoms with E-state index in [-0.39, 0.29) is 0 Å². The molecular weight excluding hydrogens is 169 g/mol. The van der Waals surface area contributed by atoms with E-state index in [9.17, 15) is 0 Å². The van der Waals surface area contributed by atoms with Crippen LogP contribution < -0.4 is 5.73 Å². The maximum atomic E-state index is 5.51. The molecule has 0 aliphatic carbocycles. The Morgan fingerprint density at radius 2 is 1.71 bits per heavy atom. The van der Waals surface area contributed by atoms with Crippen LogP contribution in [-0.4, -0.2) is 13.8 Å². The summed E-state index contributed by atoms with van der Waals surface area (Å²) >= 11 is 0. The molecule has 0 amide bonds. The average Bonchev–Trinajstić information content (AvgIpc) is 2.13. The smallest absolute Gasteiger partial charge is 0.117 e. The Balaban J connectivity index is 3.61. The first-order chi connectivity index (χ1) is 6.70. The molecule has 1 nitrogen and oxygen atoms in total. The van der Waals surface area contributed by atoms with E-state index >= 15 is 0 Å². The summed E-state index contributed by atoms with van der Waals surface area (Å²) in [5, 5.41) is 0. The maximum absolute atomic E-state index is 5.51. The third kappa shape index (κ3) is 8.62. The van der Waals surface area contributed by atoms with Crippen molar-refractivity contribution in [3.8, 4) is 0 Å². The van der Waals surface area contributed by atoms with Crippen LogP contribution in [0.1, 0.15) is 59.3 Å². The zero-order valence-electron chi connectivity index (χ0n) is 10.3. The molecule has 0 bridgehead atoms. The lowest BCUT2D eigenvalue weighted by Crippen LogP contribution is -2.08. The van der Waals surface area contributed by atoms with Crippen molar-refractivity contribution in [1.82, 2.24) is 0 Å². The third-order valence-electron chi connectivity index (χ3n) is 2.61. The van der Waals surface area contributed by atoms with Crippen LogP contribution in [0.25, 0.3) is 0 Å². The molecule has 0 aromatic rings. The monoisotopic (exact) mass is 196 g/mol. The molecular formula is C12H27BN. The van der Waals surface area contributed by atoms with E-state index in [0.717, 1.165) is 18.2 Å². The highest BCUT2D eigenvalue weighted by molar-refractivity contribution is 6.39. The highest BCUT2D eigenvalue weighted by Crippen LogP contribution is 2.24. The van der Waals surface area contributed by atoms with Gasteiger partial charge >= 0.3 is 0 Å². The summed E-state index contributed by atoms with van der Waals surface area (Å²) in [5.41, 5.74) is 5.51. The summed E-state index contributed by atoms with van der Waals surface area (Å²) < 4.78 is 0. The van der Waals surface area contributed by atoms with Crippen LogP contribution in [0.2, 0.25) is 11.6 Å². The van der Waals surface area contributed by atoms with E-state index in [4.69, 9.17) is 5.73 Å². The van der Waals surface area contributed by atoms with Gasteiger partial charge in [-0.05, 0) is 13.0 Å². The largest absolute Gasteiger partial charge is 0.330 e. The molecule has 83 valence electrons. The second kappa shape index (κ2) is 9.58. The molecule has 0 saturated heterocycles. The first-order valence-electron chi connectivity index (χ1n) is 6.25. The molecule has 0 spiro atoms. The molecule has 1 radical (unpaired) electrons. The summed E-state index contributed by atoms with van der Waals surface area (Å²) in [6.07, 6.45) is 7.90. The minimum absolute atomic E-state index is 0.731. The van der Waals surface area contributed by atoms with E-state index in [1.165, 1.54) is 38.5 Å². The SMILES string of the molecule is CCCCC([B]C(C)C)CCCCN. The second-order valence-electron chi connectivity index (χ2n) is 4.62. The Morgan fingerprint density at radius 3 is 2.21 bits per heavy atom. The van der Waals surface area contributed by atoms with Gasteiger partial charge in [-0.15, -0.1) is 0 Å². The van der Waals surface area contributed by atoms with Crippen molar-refractivity contribution in [3.05, 3.63) is 0 Å². The van der Waals surface area contributed by atoms with Crippen molar-refractivity contribution in [2.24, 2.45) is 5.73 Å². The molecule has 14 heavy (non-hydrogen) atoms. The number of rotatable bonds is 9. The fourth-order valence-corrected chi connectivity index (χ4v) is 1.90. The van der Waals surface area contributed by atoms with Crippen LogP contribution in [0, 0.1) is 0 Å². The van der Waals surface area contributed by atoms with E-state index in [0.29, 0.717) is 0 Å². The predicted molar refractivity (Wildman–Crippen MR) is 67.0 cm³/mol. The molecule has 0 aliphatic heterocycles. The van der Waals surface area contributed by atoms with Gasteiger partial charge in [-0.3, -0.25) is 0 Å². The number of unbranched alkanes of at least 4 members (excludes halogenated alkanes) is 2. The van der Waals surface area contributed by atoms with Crippen molar-refractivity contribution in [1.29, 1.82) is 0 Å². The van der Waals surface area contributed by atoms with Crippen molar-refractivity contribution < 1.29 is 0 Å². The molecule has 1 unspecified atom stereocenters. The van der Waals surface area contributed by atoms with E-state index < -0.39 is 0 Å². The van der Waals surface area contributed by atoms with Crippen LogP contribution >= 0.6 is 0 Å². The highest BCUT2D eigenvalue weighted by atomic mass is 14.5. The van der Waals surface area contributed by atoms with Crippen molar-refractivity contribution in [2.75, 3.05) is 6.54 Å². The lowest BCUT2D eigenvalue weighted by Gasteiger charge is -2.17. The summed E-state index contributed by atoms with van der Waals surface area (Å²) in [6.45, 7) is 7.68. The van der Waals surface area contributed by atoms with Gasteiger partial charge in [0.1, 0.15) is 7.28 Å². The number of nitrogens with two attached hydrogens (primary N) is 1. The summed E-state index contributed by atoms with van der Waals surface area (Å²) in [6, 6.07) is 0. The summed E-state index contributed by atoms with van der Waals surface area (Å²) in [4.78, 5) is 0. The average molecular weight is 196 g/mol. The Labute approximate surface area is 91.1 Å². The van der Waals surface area contributed by atoms with Gasteiger partial charge in [-0.1, -0.05) is 64.5 Å². The molecule has 0 aromatic carbocycles. The Hall–Kier alpha value is 0.0249. The van der Waals surface area contributed by atoms with Gasteiger partial charge in [0.25, 0.3) is 0 Å². The molecule has 0 rings (SSSR count). The molecule has 0 heterocycles. The summed E-state index contributed by atoms with van der Waals surface area (Å²) in [5.74, 6) is 1.57. The van der Waals surface area contributed by atoms with Gasteiger partial charge in [0, 0.05) is 0 Å². The number of hydrogen-bond donors (Lipinski definition) is 1. The quantitative estimate of drug-likeness (QED) is 0.442. The highest BCUT2D eigenvalue weighted by Gasteiger charge is 2.11. The van der Waals surface area contributed by atoms with Crippen LogP contribution in [0.3, 0.4) is 0 Å². The van der Waals surface area contributed by atoms with Crippen molar-refractivity contribution >= 4 is 7.28 Å². The van der Waals surface area contributed by atoms with Crippen molar-refractivity contribution in [3.63, 3.8) is 0 Å². The van der Waals surface area contributed by atoms with Gasteiger partial charge in [0.15, 0.2) is 0 Å². The van der Waals surface area contributed by atoms with E-state index in [1.807, 2.05) is 0 Å². The molecule has 0 aliphatic rings. The third-order valence-corrected chi connectivity index (χ3v) is 2.61. The van der Waals surface area contributed by atoms with E-state index in [1.54, 1.807) is 0 Å². The van der Waals surface area contributed by atoms with Crippen LogP contribution in [0.4, 0.5) is 0 Å².